The van der Waals surface area contributed by atoms with Crippen LogP contribution in [0.2, 0.25) is 0 Å². The van der Waals surface area contributed by atoms with Crippen molar-refractivity contribution in [1.82, 2.24) is 14.8 Å². The second-order valence-electron chi connectivity index (χ2n) is 5.66. The van der Waals surface area contributed by atoms with E-state index in [0.29, 0.717) is 16.4 Å². The van der Waals surface area contributed by atoms with E-state index in [1.165, 1.54) is 16.6 Å². The number of hydrogen-bond acceptors (Lipinski definition) is 6. The second-order valence-corrected chi connectivity index (χ2v) is 8.00. The summed E-state index contributed by atoms with van der Waals surface area (Å²) in [6.07, 6.45) is 0.725. The number of thioether (sulfide) groups is 1. The molecule has 1 amide bonds. The molecule has 0 aliphatic carbocycles. The molecule has 132 valence electrons. The first-order valence-electron chi connectivity index (χ1n) is 7.95. The maximum Gasteiger partial charge on any atom is 0.237 e. The molecule has 0 aliphatic heterocycles. The molecule has 3 aromatic rings. The van der Waals surface area contributed by atoms with Gasteiger partial charge in [0.15, 0.2) is 5.16 Å². The van der Waals surface area contributed by atoms with Crippen molar-refractivity contribution in [2.75, 3.05) is 5.32 Å². The lowest BCUT2D eigenvalue weighted by Gasteiger charge is -2.11. The normalized spacial score (nSPS) is 11.7. The van der Waals surface area contributed by atoms with Crippen molar-refractivity contribution in [3.8, 4) is 6.07 Å². The third kappa shape index (κ3) is 4.31. The zero-order chi connectivity index (χ0) is 18.5. The molecule has 0 aliphatic rings. The first kappa shape index (κ1) is 18.2. The van der Waals surface area contributed by atoms with Gasteiger partial charge in [-0.2, -0.15) is 5.26 Å². The van der Waals surface area contributed by atoms with Crippen molar-refractivity contribution in [1.29, 1.82) is 5.26 Å². The number of amides is 1. The lowest BCUT2D eigenvalue weighted by Crippen LogP contribution is -2.22. The van der Waals surface area contributed by atoms with Gasteiger partial charge in [-0.05, 0) is 36.6 Å². The number of rotatable bonds is 6. The van der Waals surface area contributed by atoms with Gasteiger partial charge < -0.3 is 9.88 Å². The van der Waals surface area contributed by atoms with Crippen LogP contribution in [-0.4, -0.2) is 25.9 Å². The van der Waals surface area contributed by atoms with Gasteiger partial charge in [-0.15, -0.1) is 21.5 Å². The van der Waals surface area contributed by atoms with E-state index in [4.69, 9.17) is 5.26 Å². The summed E-state index contributed by atoms with van der Waals surface area (Å²) in [5.74, 6) is 0.720. The minimum Gasteiger partial charge on any atom is -0.325 e. The monoisotopic (exact) mass is 383 g/mol. The average molecular weight is 384 g/mol. The third-order valence-electron chi connectivity index (χ3n) is 3.75. The van der Waals surface area contributed by atoms with Gasteiger partial charge in [0.1, 0.15) is 5.82 Å². The molecule has 0 saturated carbocycles. The first-order chi connectivity index (χ1) is 12.6. The van der Waals surface area contributed by atoms with Crippen molar-refractivity contribution in [3.05, 3.63) is 58.0 Å². The smallest absolute Gasteiger partial charge is 0.237 e. The van der Waals surface area contributed by atoms with Gasteiger partial charge in [0, 0.05) is 24.0 Å². The highest BCUT2D eigenvalue weighted by atomic mass is 32.2. The molecular weight excluding hydrogens is 366 g/mol. The van der Waals surface area contributed by atoms with Gasteiger partial charge in [0.05, 0.1) is 16.9 Å². The number of hydrogen-bond donors (Lipinski definition) is 1. The predicted octanol–water partition coefficient (Wildman–Crippen LogP) is 3.46. The summed E-state index contributed by atoms with van der Waals surface area (Å²) in [4.78, 5) is 13.6. The minimum atomic E-state index is -0.349. The summed E-state index contributed by atoms with van der Waals surface area (Å²) < 4.78 is 1.92. The third-order valence-corrected chi connectivity index (χ3v) is 5.76. The quantitative estimate of drug-likeness (QED) is 0.659. The topological polar surface area (TPSA) is 83.6 Å². The van der Waals surface area contributed by atoms with Crippen molar-refractivity contribution >= 4 is 34.7 Å². The number of benzene rings is 1. The number of thiophene rings is 1. The Kier molecular flexibility index (Phi) is 5.71. The highest BCUT2D eigenvalue weighted by molar-refractivity contribution is 8.00. The van der Waals surface area contributed by atoms with E-state index in [-0.39, 0.29) is 11.2 Å². The molecule has 0 spiro atoms. The number of anilines is 1. The van der Waals surface area contributed by atoms with Crippen LogP contribution in [0.25, 0.3) is 0 Å². The van der Waals surface area contributed by atoms with E-state index in [9.17, 15) is 4.79 Å². The van der Waals surface area contributed by atoms with Crippen LogP contribution in [0, 0.1) is 11.3 Å². The number of nitriles is 1. The number of nitrogens with zero attached hydrogens (tertiary/aromatic N) is 4. The molecule has 6 nitrogen and oxygen atoms in total. The Morgan fingerprint density at radius 2 is 2.23 bits per heavy atom. The van der Waals surface area contributed by atoms with Crippen LogP contribution in [-0.2, 0) is 18.3 Å². The van der Waals surface area contributed by atoms with Gasteiger partial charge in [-0.3, -0.25) is 4.79 Å². The number of carbonyl (C=O) groups excluding carboxylic acids is 1. The number of carbonyl (C=O) groups is 1. The Hall–Kier alpha value is -2.63. The molecule has 3 rings (SSSR count). The predicted molar refractivity (Wildman–Crippen MR) is 103 cm³/mol. The molecule has 1 atom stereocenters. The molecule has 0 unspecified atom stereocenters. The number of aromatic nitrogens is 3. The molecule has 0 saturated heterocycles. The summed E-state index contributed by atoms with van der Waals surface area (Å²) in [5, 5.41) is 22.6. The van der Waals surface area contributed by atoms with Crippen molar-refractivity contribution in [2.24, 2.45) is 7.05 Å². The van der Waals surface area contributed by atoms with E-state index in [1.54, 1.807) is 35.6 Å². The van der Waals surface area contributed by atoms with Gasteiger partial charge in [0.2, 0.25) is 5.91 Å². The maximum atomic E-state index is 12.4. The Bertz CT molecular complexity index is 943. The van der Waals surface area contributed by atoms with Crippen LogP contribution in [0.15, 0.2) is 46.9 Å². The zero-order valence-electron chi connectivity index (χ0n) is 14.3. The lowest BCUT2D eigenvalue weighted by molar-refractivity contribution is -0.115. The molecule has 0 bridgehead atoms. The molecule has 2 heterocycles. The van der Waals surface area contributed by atoms with E-state index >= 15 is 0 Å². The molecule has 8 heteroatoms. The van der Waals surface area contributed by atoms with Crippen LogP contribution in [0.1, 0.15) is 23.2 Å². The van der Waals surface area contributed by atoms with Crippen LogP contribution in [0.3, 0.4) is 0 Å². The Morgan fingerprint density at radius 1 is 1.38 bits per heavy atom. The standard InChI is InChI=1S/C18H17N5OS2/c1-12(17(24)20-14-6-3-5-13(9-14)11-19)26-18-22-21-16(23(18)2)10-15-7-4-8-25-15/h3-9,12H,10H2,1-2H3,(H,20,24)/t12-/m0/s1. The second kappa shape index (κ2) is 8.17. The van der Waals surface area contributed by atoms with E-state index in [2.05, 4.69) is 27.6 Å². The first-order valence-corrected chi connectivity index (χ1v) is 9.71. The van der Waals surface area contributed by atoms with Gasteiger partial charge in [-0.1, -0.05) is 23.9 Å². The van der Waals surface area contributed by atoms with Gasteiger partial charge in [-0.25, -0.2) is 0 Å². The average Bonchev–Trinajstić information content (AvgIpc) is 3.27. The van der Waals surface area contributed by atoms with Crippen LogP contribution in [0.4, 0.5) is 5.69 Å². The largest absolute Gasteiger partial charge is 0.325 e. The fraction of sp³-hybridized carbons (Fsp3) is 0.222. The van der Waals surface area contributed by atoms with Crippen LogP contribution in [0.5, 0.6) is 0 Å². The molecule has 0 fully saturated rings. The van der Waals surface area contributed by atoms with Gasteiger partial charge in [0.25, 0.3) is 0 Å². The molecule has 2 aromatic heterocycles. The number of nitrogens with one attached hydrogen (secondary N) is 1. The van der Waals surface area contributed by atoms with Crippen LogP contribution < -0.4 is 5.32 Å². The maximum absolute atomic E-state index is 12.4. The Labute approximate surface area is 159 Å². The SMILES string of the molecule is C[C@H](Sc1nnc(Cc2cccs2)n1C)C(=O)Nc1cccc(C#N)c1. The summed E-state index contributed by atoms with van der Waals surface area (Å²) in [7, 11) is 1.91. The van der Waals surface area contributed by atoms with E-state index in [0.717, 1.165) is 12.2 Å². The van der Waals surface area contributed by atoms with E-state index in [1.807, 2.05) is 30.0 Å². The molecule has 1 N–H and O–H groups in total. The summed E-state index contributed by atoms with van der Waals surface area (Å²) in [5.41, 5.74) is 1.12. The van der Waals surface area contributed by atoms with Crippen molar-refractivity contribution in [3.63, 3.8) is 0 Å². The molecular formula is C18H17N5OS2. The highest BCUT2D eigenvalue weighted by Gasteiger charge is 2.19. The fourth-order valence-electron chi connectivity index (χ4n) is 2.29. The minimum absolute atomic E-state index is 0.145. The lowest BCUT2D eigenvalue weighted by atomic mass is 10.2. The Balaban J connectivity index is 1.64. The zero-order valence-corrected chi connectivity index (χ0v) is 16.0. The van der Waals surface area contributed by atoms with Gasteiger partial charge >= 0.3 is 0 Å². The molecule has 0 radical (unpaired) electrons. The van der Waals surface area contributed by atoms with Crippen molar-refractivity contribution in [2.45, 2.75) is 23.8 Å². The Morgan fingerprint density at radius 3 is 2.96 bits per heavy atom. The summed E-state index contributed by atoms with van der Waals surface area (Å²) in [6.45, 7) is 1.82. The summed E-state index contributed by atoms with van der Waals surface area (Å²) in [6, 6.07) is 13.0. The van der Waals surface area contributed by atoms with Crippen LogP contribution >= 0.6 is 23.1 Å². The fourth-order valence-corrected chi connectivity index (χ4v) is 3.83. The molecule has 1 aromatic carbocycles. The van der Waals surface area contributed by atoms with Crippen molar-refractivity contribution < 1.29 is 4.79 Å². The molecule has 26 heavy (non-hydrogen) atoms. The van der Waals surface area contributed by atoms with E-state index < -0.39 is 0 Å². The summed E-state index contributed by atoms with van der Waals surface area (Å²) >= 11 is 3.04. The highest BCUT2D eigenvalue weighted by Crippen LogP contribution is 2.24.